The van der Waals surface area contributed by atoms with Crippen molar-refractivity contribution in [3.05, 3.63) is 23.5 Å². The van der Waals surface area contributed by atoms with Gasteiger partial charge in [0.05, 0.1) is 17.9 Å². The summed E-state index contributed by atoms with van der Waals surface area (Å²) in [5.74, 6) is -1.27. The number of halogens is 3. The first-order chi connectivity index (χ1) is 12.1. The van der Waals surface area contributed by atoms with E-state index in [-0.39, 0.29) is 30.5 Å². The lowest BCUT2D eigenvalue weighted by atomic mass is 9.61. The number of nitrogens with zero attached hydrogens (tertiary/aromatic N) is 2. The van der Waals surface area contributed by atoms with Gasteiger partial charge >= 0.3 is 12.1 Å². The number of alkyl halides is 3. The van der Waals surface area contributed by atoms with Gasteiger partial charge in [0, 0.05) is 25.4 Å². The van der Waals surface area contributed by atoms with E-state index < -0.39 is 12.1 Å². The summed E-state index contributed by atoms with van der Waals surface area (Å²) in [4.78, 5) is 27.3. The van der Waals surface area contributed by atoms with Crippen molar-refractivity contribution in [2.75, 3.05) is 13.1 Å². The number of hydrogen-bond donors (Lipinski definition) is 1. The number of carbonyl (C=O) groups is 2. The molecule has 1 aromatic heterocycles. The molecule has 1 spiro atoms. The molecule has 1 saturated heterocycles. The lowest BCUT2D eigenvalue weighted by Crippen LogP contribution is -2.67. The van der Waals surface area contributed by atoms with Crippen LogP contribution in [0.3, 0.4) is 0 Å². The van der Waals surface area contributed by atoms with Gasteiger partial charge in [-0.3, -0.25) is 14.6 Å². The molecule has 0 radical (unpaired) electrons. The van der Waals surface area contributed by atoms with E-state index in [0.717, 1.165) is 10.6 Å². The highest BCUT2D eigenvalue weighted by atomic mass is 19.4. The molecular weight excluding hydrogens is 351 g/mol. The Balaban J connectivity index is 1.48. The van der Waals surface area contributed by atoms with Crippen molar-refractivity contribution < 1.29 is 27.5 Å². The molecule has 0 atom stereocenters. The number of likely N-dealkylation sites (tertiary alicyclic amines) is 1. The van der Waals surface area contributed by atoms with Crippen molar-refractivity contribution in [1.82, 2.24) is 15.2 Å². The molecule has 0 unspecified atom stereocenters. The summed E-state index contributed by atoms with van der Waals surface area (Å²) in [5, 5.41) is 2.67. The standard InChI is InChI=1S/C17H20F3N3O3/c1-10-14(4-3-12(22-10)7-21-11(2)24)26-13-5-16(6-13)8-23(9-16)15(25)17(18,19)20/h3-4,13H,5-9H2,1-2H3,(H,21,24). The molecule has 6 nitrogen and oxygen atoms in total. The zero-order valence-corrected chi connectivity index (χ0v) is 14.5. The summed E-state index contributed by atoms with van der Waals surface area (Å²) in [5.41, 5.74) is 1.17. The van der Waals surface area contributed by atoms with Crippen molar-refractivity contribution in [2.24, 2.45) is 5.41 Å². The van der Waals surface area contributed by atoms with Gasteiger partial charge in [-0.25, -0.2) is 0 Å². The van der Waals surface area contributed by atoms with Crippen LogP contribution in [-0.4, -0.2) is 47.1 Å². The van der Waals surface area contributed by atoms with E-state index in [1.807, 2.05) is 0 Å². The third-order valence-corrected chi connectivity index (χ3v) is 4.81. The molecule has 2 aliphatic rings. The highest BCUT2D eigenvalue weighted by molar-refractivity contribution is 5.82. The van der Waals surface area contributed by atoms with Gasteiger partial charge in [-0.1, -0.05) is 0 Å². The first kappa shape index (κ1) is 18.5. The van der Waals surface area contributed by atoms with Gasteiger partial charge < -0.3 is 15.0 Å². The zero-order chi connectivity index (χ0) is 19.1. The topological polar surface area (TPSA) is 71.5 Å². The summed E-state index contributed by atoms with van der Waals surface area (Å²) in [7, 11) is 0. The Morgan fingerprint density at radius 2 is 2.00 bits per heavy atom. The predicted molar refractivity (Wildman–Crippen MR) is 85.2 cm³/mol. The number of rotatable bonds is 4. The van der Waals surface area contributed by atoms with Crippen LogP contribution < -0.4 is 10.1 Å². The van der Waals surface area contributed by atoms with Crippen molar-refractivity contribution >= 4 is 11.8 Å². The lowest BCUT2D eigenvalue weighted by molar-refractivity contribution is -0.205. The second-order valence-electron chi connectivity index (χ2n) is 7.10. The minimum absolute atomic E-state index is 0.0835. The first-order valence-electron chi connectivity index (χ1n) is 8.32. The second kappa shape index (κ2) is 6.44. The maximum Gasteiger partial charge on any atom is 0.471 e. The number of hydrogen-bond acceptors (Lipinski definition) is 4. The van der Waals surface area contributed by atoms with E-state index in [1.54, 1.807) is 19.1 Å². The number of aromatic nitrogens is 1. The van der Waals surface area contributed by atoms with Gasteiger partial charge in [-0.15, -0.1) is 0 Å². The van der Waals surface area contributed by atoms with Gasteiger partial charge in [-0.2, -0.15) is 13.2 Å². The fourth-order valence-corrected chi connectivity index (χ4v) is 3.55. The highest BCUT2D eigenvalue weighted by Gasteiger charge is 2.58. The predicted octanol–water partition coefficient (Wildman–Crippen LogP) is 1.96. The van der Waals surface area contributed by atoms with Gasteiger partial charge in [0.25, 0.3) is 0 Å². The summed E-state index contributed by atoms with van der Waals surface area (Å²) in [6, 6.07) is 3.55. The number of ether oxygens (including phenoxy) is 1. The summed E-state index contributed by atoms with van der Waals surface area (Å²) < 4.78 is 43.0. The van der Waals surface area contributed by atoms with Crippen LogP contribution in [-0.2, 0) is 16.1 Å². The Labute approximate surface area is 148 Å². The minimum Gasteiger partial charge on any atom is -0.488 e. The molecular formula is C17H20F3N3O3. The van der Waals surface area contributed by atoms with Crippen molar-refractivity contribution in [3.8, 4) is 5.75 Å². The van der Waals surface area contributed by atoms with Crippen molar-refractivity contribution in [2.45, 2.75) is 45.5 Å². The molecule has 2 heterocycles. The normalized spacial score (nSPS) is 18.9. The molecule has 1 aromatic rings. The van der Waals surface area contributed by atoms with E-state index in [1.165, 1.54) is 6.92 Å². The molecule has 2 fully saturated rings. The van der Waals surface area contributed by atoms with Crippen LogP contribution in [0.2, 0.25) is 0 Å². The molecule has 0 bridgehead atoms. The van der Waals surface area contributed by atoms with E-state index in [2.05, 4.69) is 10.3 Å². The van der Waals surface area contributed by atoms with Crippen LogP contribution in [0.25, 0.3) is 0 Å². The summed E-state index contributed by atoms with van der Waals surface area (Å²) in [6.07, 6.45) is -3.63. The molecule has 1 saturated carbocycles. The van der Waals surface area contributed by atoms with Gasteiger partial charge in [-0.05, 0) is 31.9 Å². The smallest absolute Gasteiger partial charge is 0.471 e. The molecule has 142 valence electrons. The average molecular weight is 371 g/mol. The third kappa shape index (κ3) is 3.76. The van der Waals surface area contributed by atoms with Gasteiger partial charge in [0.1, 0.15) is 11.9 Å². The Bertz CT molecular complexity index is 722. The van der Waals surface area contributed by atoms with E-state index in [9.17, 15) is 22.8 Å². The van der Waals surface area contributed by atoms with Crippen LogP contribution in [0.1, 0.15) is 31.2 Å². The molecule has 26 heavy (non-hydrogen) atoms. The molecule has 9 heteroatoms. The van der Waals surface area contributed by atoms with Crippen LogP contribution >= 0.6 is 0 Å². The van der Waals surface area contributed by atoms with Crippen LogP contribution in [0, 0.1) is 12.3 Å². The fourth-order valence-electron chi connectivity index (χ4n) is 3.55. The quantitative estimate of drug-likeness (QED) is 0.878. The highest BCUT2D eigenvalue weighted by Crippen LogP contribution is 2.50. The van der Waals surface area contributed by atoms with Crippen LogP contribution in [0.5, 0.6) is 5.75 Å². The van der Waals surface area contributed by atoms with Crippen molar-refractivity contribution in [1.29, 1.82) is 0 Å². The SMILES string of the molecule is CC(=O)NCc1ccc(OC2CC3(C2)CN(C(=O)C(F)(F)F)C3)c(C)n1. The summed E-state index contributed by atoms with van der Waals surface area (Å²) in [6.45, 7) is 3.84. The monoisotopic (exact) mass is 371 g/mol. The molecule has 2 amide bonds. The Morgan fingerprint density at radius 3 is 2.54 bits per heavy atom. The van der Waals surface area contributed by atoms with Crippen LogP contribution in [0.4, 0.5) is 13.2 Å². The molecule has 0 aromatic carbocycles. The lowest BCUT2D eigenvalue weighted by Gasteiger charge is -2.58. The molecule has 3 rings (SSSR count). The maximum atomic E-state index is 12.4. The van der Waals surface area contributed by atoms with E-state index in [0.29, 0.717) is 30.8 Å². The first-order valence-corrected chi connectivity index (χ1v) is 8.32. The second-order valence-corrected chi connectivity index (χ2v) is 7.10. The number of pyridine rings is 1. The Morgan fingerprint density at radius 1 is 1.35 bits per heavy atom. The fraction of sp³-hybridized carbons (Fsp3) is 0.588. The number of carbonyl (C=O) groups excluding carboxylic acids is 2. The largest absolute Gasteiger partial charge is 0.488 e. The van der Waals surface area contributed by atoms with E-state index >= 15 is 0 Å². The number of aryl methyl sites for hydroxylation is 1. The van der Waals surface area contributed by atoms with Gasteiger partial charge in [0.2, 0.25) is 5.91 Å². The van der Waals surface area contributed by atoms with Gasteiger partial charge in [0.15, 0.2) is 0 Å². The number of amides is 2. The average Bonchev–Trinajstić information content (AvgIpc) is 2.46. The maximum absolute atomic E-state index is 12.4. The third-order valence-electron chi connectivity index (χ3n) is 4.81. The summed E-state index contributed by atoms with van der Waals surface area (Å²) >= 11 is 0. The molecule has 1 N–H and O–H groups in total. The van der Waals surface area contributed by atoms with Crippen molar-refractivity contribution in [3.63, 3.8) is 0 Å². The Hall–Kier alpha value is -2.32. The van der Waals surface area contributed by atoms with Crippen LogP contribution in [0.15, 0.2) is 12.1 Å². The molecule has 1 aliphatic heterocycles. The van der Waals surface area contributed by atoms with E-state index in [4.69, 9.17) is 4.74 Å². The minimum atomic E-state index is -4.80. The molecule has 1 aliphatic carbocycles. The Kier molecular flexibility index (Phi) is 4.58. The zero-order valence-electron chi connectivity index (χ0n) is 14.5. The number of nitrogens with one attached hydrogen (secondary N) is 1.